The van der Waals surface area contributed by atoms with E-state index >= 15 is 0 Å². The molecule has 28 heavy (non-hydrogen) atoms. The van der Waals surface area contributed by atoms with Gasteiger partial charge in [0.15, 0.2) is 10.9 Å². The minimum Gasteiger partial charge on any atom is -0.434 e. The first kappa shape index (κ1) is 18.4. The number of hydrogen-bond acceptors (Lipinski definition) is 5. The Bertz CT molecular complexity index is 1050. The fourth-order valence-corrected chi connectivity index (χ4v) is 3.21. The molecule has 1 aliphatic carbocycles. The average molecular weight is 395 g/mol. The van der Waals surface area contributed by atoms with Crippen molar-refractivity contribution in [3.05, 3.63) is 75.9 Å². The number of nitrogens with zero attached hydrogens (tertiary/aromatic N) is 2. The second kappa shape index (κ2) is 7.60. The zero-order valence-corrected chi connectivity index (χ0v) is 16.4. The Labute approximate surface area is 168 Å². The van der Waals surface area contributed by atoms with Crippen LogP contribution in [0.4, 0.5) is 0 Å². The van der Waals surface area contributed by atoms with Crippen molar-refractivity contribution in [2.75, 3.05) is 0 Å². The molecule has 0 radical (unpaired) electrons. The summed E-state index contributed by atoms with van der Waals surface area (Å²) in [4.78, 5) is 12.6. The van der Waals surface area contributed by atoms with Crippen molar-refractivity contribution in [3.8, 4) is 17.4 Å². The molecule has 1 fully saturated rings. The summed E-state index contributed by atoms with van der Waals surface area (Å²) in [6.45, 7) is 3.82. The fraction of sp³-hybridized carbons (Fsp3) is 0.227. The third-order valence-electron chi connectivity index (χ3n) is 4.72. The minimum absolute atomic E-state index is 0.113. The Hall–Kier alpha value is -2.92. The summed E-state index contributed by atoms with van der Waals surface area (Å²) in [5.74, 6) is 0.975. The maximum atomic E-state index is 12.6. The number of esters is 1. The van der Waals surface area contributed by atoms with Crippen LogP contribution in [-0.4, -0.2) is 16.2 Å². The maximum absolute atomic E-state index is 12.6. The Morgan fingerprint density at radius 3 is 2.54 bits per heavy atom. The van der Waals surface area contributed by atoms with Crippen LogP contribution >= 0.6 is 11.6 Å². The van der Waals surface area contributed by atoms with E-state index in [-0.39, 0.29) is 16.8 Å². The lowest BCUT2D eigenvalue weighted by atomic mass is 10.1. The van der Waals surface area contributed by atoms with E-state index in [4.69, 9.17) is 21.1 Å². The highest BCUT2D eigenvalue weighted by Crippen LogP contribution is 2.46. The number of aryl methyl sites for hydroxylation is 2. The predicted octanol–water partition coefficient (Wildman–Crippen LogP) is 5.64. The molecule has 4 rings (SSSR count). The molecule has 0 amide bonds. The molecule has 1 saturated carbocycles. The molecule has 0 N–H and O–H groups in total. The molecule has 3 aromatic rings. The van der Waals surface area contributed by atoms with Crippen molar-refractivity contribution < 1.29 is 14.3 Å². The highest BCUT2D eigenvalue weighted by Gasteiger charge is 2.28. The number of rotatable bonds is 5. The fourth-order valence-electron chi connectivity index (χ4n) is 3.07. The van der Waals surface area contributed by atoms with Gasteiger partial charge in [0.05, 0.1) is 5.56 Å². The zero-order chi connectivity index (χ0) is 19.7. The summed E-state index contributed by atoms with van der Waals surface area (Å²) >= 11 is 5.98. The number of ether oxygens (including phenoxy) is 2. The van der Waals surface area contributed by atoms with E-state index in [1.807, 2.05) is 38.1 Å². The topological polar surface area (TPSA) is 61.3 Å². The van der Waals surface area contributed by atoms with E-state index in [0.717, 1.165) is 35.3 Å². The van der Waals surface area contributed by atoms with Gasteiger partial charge in [-0.15, -0.1) is 10.2 Å². The van der Waals surface area contributed by atoms with E-state index in [9.17, 15) is 4.79 Å². The summed E-state index contributed by atoms with van der Waals surface area (Å²) < 4.78 is 11.7. The van der Waals surface area contributed by atoms with Crippen LogP contribution in [0.1, 0.15) is 45.8 Å². The normalized spacial score (nSPS) is 13.2. The van der Waals surface area contributed by atoms with Gasteiger partial charge >= 0.3 is 5.97 Å². The lowest BCUT2D eigenvalue weighted by Crippen LogP contribution is -2.11. The van der Waals surface area contributed by atoms with Crippen LogP contribution in [0.25, 0.3) is 0 Å². The van der Waals surface area contributed by atoms with Crippen LogP contribution in [0, 0.1) is 13.8 Å². The third-order valence-corrected chi connectivity index (χ3v) is 4.91. The molecule has 5 nitrogen and oxygen atoms in total. The molecule has 0 atom stereocenters. The van der Waals surface area contributed by atoms with Crippen molar-refractivity contribution in [1.82, 2.24) is 10.2 Å². The predicted molar refractivity (Wildman–Crippen MR) is 106 cm³/mol. The molecular weight excluding hydrogens is 376 g/mol. The van der Waals surface area contributed by atoms with Gasteiger partial charge in [-0.05, 0) is 55.4 Å². The second-order valence-electron chi connectivity index (χ2n) is 6.91. The number of para-hydroxylation sites is 1. The molecule has 0 unspecified atom stereocenters. The van der Waals surface area contributed by atoms with Crippen molar-refractivity contribution in [1.29, 1.82) is 0 Å². The maximum Gasteiger partial charge on any atom is 0.343 e. The average Bonchev–Trinajstić information content (AvgIpc) is 3.50. The van der Waals surface area contributed by atoms with Gasteiger partial charge in [-0.1, -0.05) is 48.0 Å². The molecule has 142 valence electrons. The molecule has 0 bridgehead atoms. The molecule has 0 spiro atoms. The van der Waals surface area contributed by atoms with Gasteiger partial charge in [-0.25, -0.2) is 4.79 Å². The number of hydrogen-bond donors (Lipinski definition) is 0. The highest BCUT2D eigenvalue weighted by atomic mass is 35.5. The van der Waals surface area contributed by atoms with Crippen LogP contribution in [0.3, 0.4) is 0 Å². The first-order chi connectivity index (χ1) is 13.5. The van der Waals surface area contributed by atoms with Gasteiger partial charge in [-0.2, -0.15) is 0 Å². The summed E-state index contributed by atoms with van der Waals surface area (Å²) in [5.41, 5.74) is 3.40. The van der Waals surface area contributed by atoms with Gasteiger partial charge < -0.3 is 9.47 Å². The third kappa shape index (κ3) is 3.85. The van der Waals surface area contributed by atoms with Crippen molar-refractivity contribution in [2.45, 2.75) is 32.6 Å². The number of aromatic nitrogens is 2. The summed E-state index contributed by atoms with van der Waals surface area (Å²) in [5, 5.41) is 7.99. The molecular formula is C22H19ClN2O3. The van der Waals surface area contributed by atoms with Gasteiger partial charge in [0.1, 0.15) is 5.75 Å². The monoisotopic (exact) mass is 394 g/mol. The van der Waals surface area contributed by atoms with E-state index in [1.54, 1.807) is 12.1 Å². The first-order valence-electron chi connectivity index (χ1n) is 9.11. The first-order valence-corrected chi connectivity index (χ1v) is 9.49. The number of benzene rings is 2. The van der Waals surface area contributed by atoms with Crippen LogP contribution in [0.15, 0.2) is 48.5 Å². The van der Waals surface area contributed by atoms with Crippen molar-refractivity contribution >= 4 is 17.6 Å². The standard InChI is InChI=1S/C22H19ClN2O3/c1-13-6-3-4-8-16(13)22(26)27-18-12-19(23)24-25-21(18)28-20-14(2)7-5-9-17(20)15-10-11-15/h3-9,12,15H,10-11H2,1-2H3. The Balaban J connectivity index is 1.67. The van der Waals surface area contributed by atoms with E-state index < -0.39 is 5.97 Å². The van der Waals surface area contributed by atoms with Crippen LogP contribution in [-0.2, 0) is 0 Å². The number of carbonyl (C=O) groups is 1. The Kier molecular flexibility index (Phi) is 5.01. The molecule has 1 aliphatic rings. The smallest absolute Gasteiger partial charge is 0.343 e. The SMILES string of the molecule is Cc1ccccc1C(=O)Oc1cc(Cl)nnc1Oc1c(C)cccc1C1CC1. The number of halogens is 1. The number of carbonyl (C=O) groups excluding carboxylic acids is 1. The summed E-state index contributed by atoms with van der Waals surface area (Å²) in [7, 11) is 0. The van der Waals surface area contributed by atoms with Gasteiger partial charge in [0, 0.05) is 6.07 Å². The highest BCUT2D eigenvalue weighted by molar-refractivity contribution is 6.29. The minimum atomic E-state index is -0.501. The Morgan fingerprint density at radius 2 is 1.79 bits per heavy atom. The lowest BCUT2D eigenvalue weighted by Gasteiger charge is -2.15. The van der Waals surface area contributed by atoms with Crippen LogP contribution in [0.2, 0.25) is 5.15 Å². The second-order valence-corrected chi connectivity index (χ2v) is 7.30. The van der Waals surface area contributed by atoms with Gasteiger partial charge in [0.2, 0.25) is 0 Å². The van der Waals surface area contributed by atoms with E-state index in [0.29, 0.717) is 11.5 Å². The van der Waals surface area contributed by atoms with Gasteiger partial charge in [-0.3, -0.25) is 0 Å². The van der Waals surface area contributed by atoms with Crippen molar-refractivity contribution in [2.24, 2.45) is 0 Å². The molecule has 1 aromatic heterocycles. The van der Waals surface area contributed by atoms with Crippen LogP contribution < -0.4 is 9.47 Å². The molecule has 1 heterocycles. The van der Waals surface area contributed by atoms with Gasteiger partial charge in [0.25, 0.3) is 5.88 Å². The van der Waals surface area contributed by atoms with Crippen molar-refractivity contribution in [3.63, 3.8) is 0 Å². The Morgan fingerprint density at radius 1 is 1.04 bits per heavy atom. The molecule has 0 aliphatic heterocycles. The molecule has 0 saturated heterocycles. The van der Waals surface area contributed by atoms with E-state index in [1.165, 1.54) is 6.07 Å². The summed E-state index contributed by atoms with van der Waals surface area (Å²) in [6.07, 6.45) is 2.28. The zero-order valence-electron chi connectivity index (χ0n) is 15.6. The molecule has 2 aromatic carbocycles. The largest absolute Gasteiger partial charge is 0.434 e. The summed E-state index contributed by atoms with van der Waals surface area (Å²) in [6, 6.07) is 14.7. The lowest BCUT2D eigenvalue weighted by molar-refractivity contribution is 0.0728. The van der Waals surface area contributed by atoms with Crippen LogP contribution in [0.5, 0.6) is 17.4 Å². The van der Waals surface area contributed by atoms with E-state index in [2.05, 4.69) is 16.3 Å². The quantitative estimate of drug-likeness (QED) is 0.524. The molecule has 6 heteroatoms.